The van der Waals surface area contributed by atoms with Crippen LogP contribution in [0, 0.1) is 11.3 Å². The molecular formula is C15H16N4. The van der Waals surface area contributed by atoms with Gasteiger partial charge in [-0.1, -0.05) is 30.3 Å². The van der Waals surface area contributed by atoms with Crippen LogP contribution < -0.4 is 4.90 Å². The van der Waals surface area contributed by atoms with E-state index in [1.54, 1.807) is 12.4 Å². The van der Waals surface area contributed by atoms with Crippen molar-refractivity contribution < 1.29 is 0 Å². The lowest BCUT2D eigenvalue weighted by atomic mass is 10.1. The van der Waals surface area contributed by atoms with Crippen LogP contribution in [-0.4, -0.2) is 23.6 Å². The molecule has 0 atom stereocenters. The molecule has 0 amide bonds. The molecule has 1 aromatic heterocycles. The van der Waals surface area contributed by atoms with E-state index in [0.717, 1.165) is 19.4 Å². The van der Waals surface area contributed by atoms with E-state index in [1.807, 2.05) is 18.0 Å². The highest BCUT2D eigenvalue weighted by atomic mass is 15.2. The van der Waals surface area contributed by atoms with Gasteiger partial charge >= 0.3 is 0 Å². The lowest BCUT2D eigenvalue weighted by molar-refractivity contribution is 0.774. The van der Waals surface area contributed by atoms with Gasteiger partial charge in [0.15, 0.2) is 11.5 Å². The molecular weight excluding hydrogens is 236 g/mol. The van der Waals surface area contributed by atoms with Crippen molar-refractivity contribution in [1.82, 2.24) is 9.97 Å². The lowest BCUT2D eigenvalue weighted by Gasteiger charge is -2.18. The number of rotatable bonds is 5. The van der Waals surface area contributed by atoms with Gasteiger partial charge in [-0.25, -0.2) is 9.97 Å². The summed E-state index contributed by atoms with van der Waals surface area (Å²) in [4.78, 5) is 10.2. The maximum Gasteiger partial charge on any atom is 0.183 e. The molecule has 0 bridgehead atoms. The number of hydrogen-bond donors (Lipinski definition) is 0. The second kappa shape index (κ2) is 6.50. The van der Waals surface area contributed by atoms with Crippen molar-refractivity contribution in [3.05, 3.63) is 54.0 Å². The normalized spacial score (nSPS) is 9.89. The average molecular weight is 252 g/mol. The van der Waals surface area contributed by atoms with Gasteiger partial charge in [-0.05, 0) is 18.4 Å². The third-order valence-electron chi connectivity index (χ3n) is 2.95. The first kappa shape index (κ1) is 13.0. The van der Waals surface area contributed by atoms with Crippen molar-refractivity contribution in [1.29, 1.82) is 5.26 Å². The van der Waals surface area contributed by atoms with Gasteiger partial charge in [-0.15, -0.1) is 0 Å². The third-order valence-corrected chi connectivity index (χ3v) is 2.95. The van der Waals surface area contributed by atoms with Crippen molar-refractivity contribution in [2.75, 3.05) is 18.5 Å². The number of aryl methyl sites for hydroxylation is 1. The van der Waals surface area contributed by atoms with Gasteiger partial charge in [-0.2, -0.15) is 5.26 Å². The lowest BCUT2D eigenvalue weighted by Crippen LogP contribution is -2.21. The predicted octanol–water partition coefficient (Wildman–Crippen LogP) is 2.42. The largest absolute Gasteiger partial charge is 0.357 e. The van der Waals surface area contributed by atoms with E-state index in [0.29, 0.717) is 11.5 Å². The second-order valence-corrected chi connectivity index (χ2v) is 4.35. The molecule has 0 saturated heterocycles. The summed E-state index contributed by atoms with van der Waals surface area (Å²) < 4.78 is 0. The average Bonchev–Trinajstić information content (AvgIpc) is 2.48. The summed E-state index contributed by atoms with van der Waals surface area (Å²) in [6, 6.07) is 12.4. The van der Waals surface area contributed by atoms with Crippen LogP contribution in [0.25, 0.3) is 0 Å². The van der Waals surface area contributed by atoms with Crippen molar-refractivity contribution >= 4 is 5.82 Å². The molecule has 0 aliphatic heterocycles. The molecule has 4 heteroatoms. The quantitative estimate of drug-likeness (QED) is 0.820. The Balaban J connectivity index is 1.91. The van der Waals surface area contributed by atoms with Gasteiger partial charge in [0.1, 0.15) is 6.07 Å². The van der Waals surface area contributed by atoms with Gasteiger partial charge in [0.05, 0.1) is 0 Å². The SMILES string of the molecule is CN(CCCc1ccccc1)c1nccnc1C#N. The molecule has 4 nitrogen and oxygen atoms in total. The van der Waals surface area contributed by atoms with Gasteiger partial charge in [-0.3, -0.25) is 0 Å². The van der Waals surface area contributed by atoms with E-state index in [9.17, 15) is 0 Å². The van der Waals surface area contributed by atoms with Crippen molar-refractivity contribution in [2.45, 2.75) is 12.8 Å². The maximum absolute atomic E-state index is 8.99. The molecule has 0 unspecified atom stereocenters. The van der Waals surface area contributed by atoms with Crippen LogP contribution in [0.1, 0.15) is 17.7 Å². The van der Waals surface area contributed by atoms with Crippen molar-refractivity contribution in [3.8, 4) is 6.07 Å². The Labute approximate surface area is 113 Å². The third kappa shape index (κ3) is 3.52. The number of nitrogens with zero attached hydrogens (tertiary/aromatic N) is 4. The van der Waals surface area contributed by atoms with Crippen LogP contribution in [-0.2, 0) is 6.42 Å². The predicted molar refractivity (Wildman–Crippen MR) is 74.8 cm³/mol. The minimum atomic E-state index is 0.379. The Bertz CT molecular complexity index is 560. The van der Waals surface area contributed by atoms with E-state index in [4.69, 9.17) is 5.26 Å². The van der Waals surface area contributed by atoms with Crippen LogP contribution in [0.3, 0.4) is 0 Å². The summed E-state index contributed by atoms with van der Waals surface area (Å²) in [5.41, 5.74) is 1.71. The number of hydrogen-bond acceptors (Lipinski definition) is 4. The van der Waals surface area contributed by atoms with E-state index >= 15 is 0 Å². The zero-order valence-corrected chi connectivity index (χ0v) is 11.0. The summed E-state index contributed by atoms with van der Waals surface area (Å²) in [6.45, 7) is 0.849. The minimum Gasteiger partial charge on any atom is -0.357 e. The summed E-state index contributed by atoms with van der Waals surface area (Å²) in [5.74, 6) is 0.651. The number of anilines is 1. The molecule has 0 radical (unpaired) electrons. The first-order valence-corrected chi connectivity index (χ1v) is 6.27. The zero-order chi connectivity index (χ0) is 13.5. The molecule has 1 aromatic carbocycles. The fourth-order valence-electron chi connectivity index (χ4n) is 1.96. The van der Waals surface area contributed by atoms with Crippen LogP contribution >= 0.6 is 0 Å². The summed E-state index contributed by atoms with van der Waals surface area (Å²) in [6.07, 6.45) is 5.19. The second-order valence-electron chi connectivity index (χ2n) is 4.35. The fourth-order valence-corrected chi connectivity index (χ4v) is 1.96. The Morgan fingerprint density at radius 1 is 1.16 bits per heavy atom. The highest BCUT2D eigenvalue weighted by Gasteiger charge is 2.08. The zero-order valence-electron chi connectivity index (χ0n) is 11.0. The summed E-state index contributed by atoms with van der Waals surface area (Å²) >= 11 is 0. The molecule has 0 saturated carbocycles. The van der Waals surface area contributed by atoms with Crippen LogP contribution in [0.2, 0.25) is 0 Å². The molecule has 2 aromatic rings. The summed E-state index contributed by atoms with van der Waals surface area (Å²) in [7, 11) is 1.94. The molecule has 96 valence electrons. The van der Waals surface area contributed by atoms with Gasteiger partial charge in [0.2, 0.25) is 0 Å². The molecule has 19 heavy (non-hydrogen) atoms. The van der Waals surface area contributed by atoms with Gasteiger partial charge in [0, 0.05) is 26.0 Å². The molecule has 0 aliphatic carbocycles. The number of nitriles is 1. The summed E-state index contributed by atoms with van der Waals surface area (Å²) in [5, 5.41) is 8.99. The Hall–Kier alpha value is -2.41. The van der Waals surface area contributed by atoms with E-state index in [-0.39, 0.29) is 0 Å². The standard InChI is InChI=1S/C15H16N4/c1-19(15-14(12-16)17-9-10-18-15)11-5-8-13-6-3-2-4-7-13/h2-4,6-7,9-10H,5,8,11H2,1H3. The molecule has 0 spiro atoms. The molecule has 0 N–H and O–H groups in total. The topological polar surface area (TPSA) is 52.8 Å². The maximum atomic E-state index is 8.99. The van der Waals surface area contributed by atoms with E-state index in [1.165, 1.54) is 5.56 Å². The number of benzene rings is 1. The molecule has 0 fully saturated rings. The van der Waals surface area contributed by atoms with Crippen LogP contribution in [0.15, 0.2) is 42.7 Å². The van der Waals surface area contributed by atoms with E-state index < -0.39 is 0 Å². The van der Waals surface area contributed by atoms with Crippen molar-refractivity contribution in [3.63, 3.8) is 0 Å². The molecule has 1 heterocycles. The smallest absolute Gasteiger partial charge is 0.183 e. The fraction of sp³-hybridized carbons (Fsp3) is 0.267. The Morgan fingerprint density at radius 3 is 2.63 bits per heavy atom. The van der Waals surface area contributed by atoms with Gasteiger partial charge < -0.3 is 4.90 Å². The minimum absolute atomic E-state index is 0.379. The number of aromatic nitrogens is 2. The Kier molecular flexibility index (Phi) is 4.46. The van der Waals surface area contributed by atoms with Crippen LogP contribution in [0.5, 0.6) is 0 Å². The molecule has 0 aliphatic rings. The van der Waals surface area contributed by atoms with Crippen LogP contribution in [0.4, 0.5) is 5.82 Å². The Morgan fingerprint density at radius 2 is 1.89 bits per heavy atom. The first-order valence-electron chi connectivity index (χ1n) is 6.27. The monoisotopic (exact) mass is 252 g/mol. The van der Waals surface area contributed by atoms with E-state index in [2.05, 4.69) is 40.3 Å². The van der Waals surface area contributed by atoms with Gasteiger partial charge in [0.25, 0.3) is 0 Å². The first-order chi connectivity index (χ1) is 9.31. The molecule has 2 rings (SSSR count). The highest BCUT2D eigenvalue weighted by Crippen LogP contribution is 2.13. The highest BCUT2D eigenvalue weighted by molar-refractivity contribution is 5.48. The van der Waals surface area contributed by atoms with Crippen molar-refractivity contribution in [2.24, 2.45) is 0 Å².